The quantitative estimate of drug-likeness (QED) is 0.393. The number of hydrogen-bond donors (Lipinski definition) is 0. The van der Waals surface area contributed by atoms with Crippen molar-refractivity contribution in [3.63, 3.8) is 0 Å². The Morgan fingerprint density at radius 3 is 2.03 bits per heavy atom. The fraction of sp³-hybridized carbons (Fsp3) is 0.250. The molecular formula is C24H27O4P. The first-order valence-electron chi connectivity index (χ1n) is 9.45. The second-order valence-electron chi connectivity index (χ2n) is 7.56. The zero-order valence-corrected chi connectivity index (χ0v) is 18.4. The fourth-order valence-corrected chi connectivity index (χ4v) is 3.78. The summed E-state index contributed by atoms with van der Waals surface area (Å²) in [6.07, 6.45) is 0. The monoisotopic (exact) mass is 410 g/mol. The van der Waals surface area contributed by atoms with E-state index in [1.165, 1.54) is 0 Å². The van der Waals surface area contributed by atoms with Crippen molar-refractivity contribution in [1.82, 2.24) is 0 Å². The standard InChI is InChI=1S/C24H27O4P/c1-24(2,3)21-17-19(25-4)15-16-23(21)28-29(26-5)27-22-14-10-9-13-20(22)18-11-7-6-8-12-18/h6-17H,1-5H3. The highest BCUT2D eigenvalue weighted by atomic mass is 31.2. The van der Waals surface area contributed by atoms with Crippen LogP contribution in [0.1, 0.15) is 26.3 Å². The third kappa shape index (κ3) is 5.29. The summed E-state index contributed by atoms with van der Waals surface area (Å²) in [5.74, 6) is 2.24. The Kier molecular flexibility index (Phi) is 6.79. The molecule has 0 saturated heterocycles. The van der Waals surface area contributed by atoms with E-state index in [0.717, 1.165) is 33.9 Å². The van der Waals surface area contributed by atoms with Crippen LogP contribution in [0.15, 0.2) is 72.8 Å². The molecule has 0 fully saturated rings. The van der Waals surface area contributed by atoms with Gasteiger partial charge >= 0.3 is 8.60 Å². The molecule has 0 saturated carbocycles. The van der Waals surface area contributed by atoms with Crippen molar-refractivity contribution < 1.29 is 18.3 Å². The normalized spacial score (nSPS) is 12.3. The van der Waals surface area contributed by atoms with Gasteiger partial charge in [0.25, 0.3) is 0 Å². The Labute approximate surface area is 174 Å². The molecule has 1 unspecified atom stereocenters. The highest BCUT2D eigenvalue weighted by Crippen LogP contribution is 2.46. The Hall–Kier alpha value is -2.55. The second kappa shape index (κ2) is 9.30. The second-order valence-corrected chi connectivity index (χ2v) is 8.74. The molecule has 29 heavy (non-hydrogen) atoms. The van der Waals surface area contributed by atoms with Gasteiger partial charge in [0.2, 0.25) is 0 Å². The van der Waals surface area contributed by atoms with Crippen molar-refractivity contribution in [1.29, 1.82) is 0 Å². The van der Waals surface area contributed by atoms with Gasteiger partial charge < -0.3 is 13.8 Å². The van der Waals surface area contributed by atoms with Gasteiger partial charge in [-0.15, -0.1) is 0 Å². The molecule has 0 aliphatic carbocycles. The van der Waals surface area contributed by atoms with Crippen LogP contribution in [0.25, 0.3) is 11.1 Å². The van der Waals surface area contributed by atoms with Gasteiger partial charge in [-0.3, -0.25) is 4.52 Å². The minimum Gasteiger partial charge on any atom is -0.497 e. The molecule has 0 aliphatic rings. The van der Waals surface area contributed by atoms with E-state index in [1.807, 2.05) is 60.7 Å². The molecule has 0 amide bonds. The first-order chi connectivity index (χ1) is 13.9. The molecule has 3 aromatic carbocycles. The Morgan fingerprint density at radius 1 is 0.724 bits per heavy atom. The molecule has 3 rings (SSSR count). The SMILES string of the molecule is COc1ccc(OP(OC)Oc2ccccc2-c2ccccc2)c(C(C)(C)C)c1. The average Bonchev–Trinajstić information content (AvgIpc) is 2.73. The van der Waals surface area contributed by atoms with Crippen LogP contribution in [0.2, 0.25) is 0 Å². The maximum Gasteiger partial charge on any atom is 0.462 e. The van der Waals surface area contributed by atoms with Crippen LogP contribution in [0, 0.1) is 0 Å². The fourth-order valence-electron chi connectivity index (χ4n) is 2.96. The third-order valence-corrected chi connectivity index (χ3v) is 5.45. The lowest BCUT2D eigenvalue weighted by Crippen LogP contribution is -2.13. The van der Waals surface area contributed by atoms with Gasteiger partial charge in [0.05, 0.1) is 7.11 Å². The van der Waals surface area contributed by atoms with E-state index in [1.54, 1.807) is 14.2 Å². The van der Waals surface area contributed by atoms with Crippen LogP contribution in [-0.4, -0.2) is 14.2 Å². The lowest BCUT2D eigenvalue weighted by molar-refractivity contribution is 0.320. The van der Waals surface area contributed by atoms with Crippen molar-refractivity contribution >= 4 is 8.60 Å². The van der Waals surface area contributed by atoms with E-state index >= 15 is 0 Å². The van der Waals surface area contributed by atoms with Gasteiger partial charge in [0.15, 0.2) is 0 Å². The zero-order valence-electron chi connectivity index (χ0n) is 17.5. The Balaban J connectivity index is 1.88. The van der Waals surface area contributed by atoms with Crippen molar-refractivity contribution in [2.24, 2.45) is 0 Å². The molecule has 0 radical (unpaired) electrons. The predicted molar refractivity (Wildman–Crippen MR) is 119 cm³/mol. The molecule has 152 valence electrons. The van der Waals surface area contributed by atoms with Crippen LogP contribution < -0.4 is 13.8 Å². The summed E-state index contributed by atoms with van der Waals surface area (Å²) in [5, 5.41) is 0. The summed E-state index contributed by atoms with van der Waals surface area (Å²) in [7, 11) is 1.62. The molecule has 0 N–H and O–H groups in total. The van der Waals surface area contributed by atoms with Crippen LogP contribution in [0.5, 0.6) is 17.2 Å². The van der Waals surface area contributed by atoms with Gasteiger partial charge in [-0.05, 0) is 35.2 Å². The highest BCUT2D eigenvalue weighted by Gasteiger charge is 2.24. The van der Waals surface area contributed by atoms with E-state index in [9.17, 15) is 0 Å². The first kappa shape index (κ1) is 21.2. The zero-order chi connectivity index (χ0) is 20.9. The molecule has 0 aliphatic heterocycles. The summed E-state index contributed by atoms with van der Waals surface area (Å²) in [4.78, 5) is 0. The summed E-state index contributed by atoms with van der Waals surface area (Å²) in [5.41, 5.74) is 2.97. The van der Waals surface area contributed by atoms with E-state index in [-0.39, 0.29) is 5.41 Å². The van der Waals surface area contributed by atoms with Crippen molar-refractivity contribution in [3.8, 4) is 28.4 Å². The highest BCUT2D eigenvalue weighted by molar-refractivity contribution is 7.42. The van der Waals surface area contributed by atoms with Crippen LogP contribution in [0.4, 0.5) is 0 Å². The number of benzene rings is 3. The lowest BCUT2D eigenvalue weighted by atomic mass is 9.86. The molecule has 3 aromatic rings. The van der Waals surface area contributed by atoms with Gasteiger partial charge in [-0.2, -0.15) is 0 Å². The minimum atomic E-state index is -1.64. The third-order valence-electron chi connectivity index (χ3n) is 4.46. The van der Waals surface area contributed by atoms with Gasteiger partial charge in [-0.25, -0.2) is 0 Å². The van der Waals surface area contributed by atoms with Crippen molar-refractivity contribution in [2.75, 3.05) is 14.2 Å². The summed E-state index contributed by atoms with van der Waals surface area (Å²) in [6.45, 7) is 6.40. The largest absolute Gasteiger partial charge is 0.497 e. The van der Waals surface area contributed by atoms with Crippen LogP contribution in [0.3, 0.4) is 0 Å². The van der Waals surface area contributed by atoms with Gasteiger partial charge in [0, 0.05) is 18.2 Å². The Morgan fingerprint density at radius 2 is 1.38 bits per heavy atom. The molecule has 0 bridgehead atoms. The van der Waals surface area contributed by atoms with Crippen LogP contribution >= 0.6 is 8.60 Å². The maximum atomic E-state index is 6.18. The van der Waals surface area contributed by atoms with E-state index in [0.29, 0.717) is 0 Å². The number of ether oxygens (including phenoxy) is 1. The smallest absolute Gasteiger partial charge is 0.462 e. The van der Waals surface area contributed by atoms with E-state index < -0.39 is 8.60 Å². The molecular weight excluding hydrogens is 383 g/mol. The molecule has 4 nitrogen and oxygen atoms in total. The number of rotatable bonds is 7. The summed E-state index contributed by atoms with van der Waals surface area (Å²) >= 11 is 0. The number of hydrogen-bond acceptors (Lipinski definition) is 4. The molecule has 0 aromatic heterocycles. The van der Waals surface area contributed by atoms with Gasteiger partial charge in [-0.1, -0.05) is 69.3 Å². The lowest BCUT2D eigenvalue weighted by Gasteiger charge is -2.25. The minimum absolute atomic E-state index is 0.124. The van der Waals surface area contributed by atoms with Crippen molar-refractivity contribution in [3.05, 3.63) is 78.4 Å². The first-order valence-corrected chi connectivity index (χ1v) is 10.5. The molecule has 5 heteroatoms. The molecule has 0 heterocycles. The van der Waals surface area contributed by atoms with Crippen LogP contribution in [-0.2, 0) is 9.94 Å². The topological polar surface area (TPSA) is 36.9 Å². The van der Waals surface area contributed by atoms with E-state index in [2.05, 4.69) is 32.9 Å². The molecule has 0 spiro atoms. The van der Waals surface area contributed by atoms with Crippen molar-refractivity contribution in [2.45, 2.75) is 26.2 Å². The van der Waals surface area contributed by atoms with Gasteiger partial charge in [0.1, 0.15) is 17.2 Å². The predicted octanol–water partition coefficient (Wildman–Crippen LogP) is 6.99. The Bertz CT molecular complexity index is 935. The molecule has 1 atom stereocenters. The summed E-state index contributed by atoms with van der Waals surface area (Å²) in [6, 6.07) is 23.8. The number of para-hydroxylation sites is 1. The maximum absolute atomic E-state index is 6.18. The number of methoxy groups -OCH3 is 1. The average molecular weight is 410 g/mol. The summed E-state index contributed by atoms with van der Waals surface area (Å²) < 4.78 is 23.3. The van der Waals surface area contributed by atoms with E-state index in [4.69, 9.17) is 18.3 Å².